The van der Waals surface area contributed by atoms with Crippen molar-refractivity contribution < 1.29 is 9.59 Å². The number of para-hydroxylation sites is 1. The summed E-state index contributed by atoms with van der Waals surface area (Å²) >= 11 is 0. The minimum absolute atomic E-state index is 0.0377. The van der Waals surface area contributed by atoms with Crippen LogP contribution in [0.3, 0.4) is 0 Å². The van der Waals surface area contributed by atoms with Gasteiger partial charge in [-0.15, -0.1) is 0 Å². The van der Waals surface area contributed by atoms with Gasteiger partial charge < -0.3 is 19.7 Å². The summed E-state index contributed by atoms with van der Waals surface area (Å²) < 4.78 is 1.98. The zero-order chi connectivity index (χ0) is 17.3. The Morgan fingerprint density at radius 3 is 2.33 bits per heavy atom. The first kappa shape index (κ1) is 16.4. The molecule has 1 saturated heterocycles. The number of nitrogens with zero attached hydrogens (tertiary/aromatic N) is 3. The van der Waals surface area contributed by atoms with Gasteiger partial charge in [-0.3, -0.25) is 4.79 Å². The maximum absolute atomic E-state index is 12.9. The van der Waals surface area contributed by atoms with E-state index in [-0.39, 0.29) is 18.0 Å². The summed E-state index contributed by atoms with van der Waals surface area (Å²) in [4.78, 5) is 28.5. The summed E-state index contributed by atoms with van der Waals surface area (Å²) in [6.45, 7) is 6.14. The number of hydrogen-bond acceptors (Lipinski definition) is 2. The Bertz CT molecular complexity index is 757. The molecule has 0 atom stereocenters. The van der Waals surface area contributed by atoms with Crippen LogP contribution in [0.15, 0.2) is 30.5 Å². The molecule has 6 heteroatoms. The fourth-order valence-corrected chi connectivity index (χ4v) is 3.13. The quantitative estimate of drug-likeness (QED) is 0.917. The molecule has 2 heterocycles. The second-order valence-corrected chi connectivity index (χ2v) is 6.55. The number of fused-ring (bicyclic) bond motifs is 1. The van der Waals surface area contributed by atoms with Gasteiger partial charge in [0, 0.05) is 56.4 Å². The monoisotopic (exact) mass is 328 g/mol. The van der Waals surface area contributed by atoms with E-state index in [2.05, 4.69) is 5.32 Å². The Hall–Kier alpha value is -2.50. The fraction of sp³-hybridized carbons (Fsp3) is 0.444. The van der Waals surface area contributed by atoms with Crippen molar-refractivity contribution >= 4 is 22.8 Å². The van der Waals surface area contributed by atoms with Crippen molar-refractivity contribution in [1.82, 2.24) is 19.7 Å². The highest BCUT2D eigenvalue weighted by Gasteiger charge is 2.26. The number of benzene rings is 1. The summed E-state index contributed by atoms with van der Waals surface area (Å²) in [5, 5.41) is 3.87. The number of aromatic nitrogens is 1. The number of carbonyl (C=O) groups is 2. The van der Waals surface area contributed by atoms with E-state index in [4.69, 9.17) is 0 Å². The second-order valence-electron chi connectivity index (χ2n) is 6.55. The molecule has 1 aliphatic heterocycles. The molecule has 1 N–H and O–H groups in total. The third-order valence-corrected chi connectivity index (χ3v) is 4.39. The summed E-state index contributed by atoms with van der Waals surface area (Å²) in [6, 6.07) is 7.99. The first-order chi connectivity index (χ1) is 11.5. The van der Waals surface area contributed by atoms with Crippen molar-refractivity contribution in [2.75, 3.05) is 26.2 Å². The minimum Gasteiger partial charge on any atom is -0.350 e. The smallest absolute Gasteiger partial charge is 0.317 e. The van der Waals surface area contributed by atoms with Crippen LogP contribution in [0.4, 0.5) is 4.79 Å². The van der Waals surface area contributed by atoms with Crippen molar-refractivity contribution in [2.24, 2.45) is 7.05 Å². The van der Waals surface area contributed by atoms with Gasteiger partial charge in [-0.1, -0.05) is 18.2 Å². The molecule has 3 rings (SSSR count). The lowest BCUT2D eigenvalue weighted by atomic mass is 10.1. The lowest BCUT2D eigenvalue weighted by Gasteiger charge is -2.35. The predicted molar refractivity (Wildman–Crippen MR) is 94.1 cm³/mol. The van der Waals surface area contributed by atoms with Crippen LogP contribution in [0, 0.1) is 0 Å². The molecule has 0 saturated carbocycles. The number of rotatable bonds is 2. The molecule has 1 fully saturated rings. The molecular formula is C18H24N4O2. The molecule has 24 heavy (non-hydrogen) atoms. The SMILES string of the molecule is CC(C)NC(=O)N1CCN(C(=O)c2cn(C)c3ccccc23)CC1. The lowest BCUT2D eigenvalue weighted by Crippen LogP contribution is -2.54. The third kappa shape index (κ3) is 3.09. The Labute approximate surface area is 142 Å². The highest BCUT2D eigenvalue weighted by atomic mass is 16.2. The van der Waals surface area contributed by atoms with E-state index in [0.717, 1.165) is 16.5 Å². The molecule has 0 unspecified atom stereocenters. The molecule has 128 valence electrons. The summed E-state index contributed by atoms with van der Waals surface area (Å²) in [5.41, 5.74) is 1.78. The van der Waals surface area contributed by atoms with Crippen LogP contribution in [0.25, 0.3) is 10.9 Å². The van der Waals surface area contributed by atoms with Crippen LogP contribution < -0.4 is 5.32 Å². The topological polar surface area (TPSA) is 57.6 Å². The molecule has 1 aliphatic rings. The molecule has 0 bridgehead atoms. The Balaban J connectivity index is 1.70. The van der Waals surface area contributed by atoms with Crippen molar-refractivity contribution in [3.8, 4) is 0 Å². The Morgan fingerprint density at radius 1 is 1.04 bits per heavy atom. The second kappa shape index (κ2) is 6.55. The number of amides is 3. The maximum Gasteiger partial charge on any atom is 0.317 e. The highest BCUT2D eigenvalue weighted by Crippen LogP contribution is 2.22. The number of hydrogen-bond donors (Lipinski definition) is 1. The highest BCUT2D eigenvalue weighted by molar-refractivity contribution is 6.07. The number of carbonyl (C=O) groups excluding carboxylic acids is 2. The summed E-state index contributed by atoms with van der Waals surface area (Å²) in [7, 11) is 1.95. The van der Waals surface area contributed by atoms with Crippen LogP contribution in [0.1, 0.15) is 24.2 Å². The zero-order valence-electron chi connectivity index (χ0n) is 14.5. The molecule has 0 aliphatic carbocycles. The van der Waals surface area contributed by atoms with Crippen molar-refractivity contribution in [3.63, 3.8) is 0 Å². The maximum atomic E-state index is 12.9. The number of nitrogens with one attached hydrogen (secondary N) is 1. The van der Waals surface area contributed by atoms with Gasteiger partial charge in [-0.2, -0.15) is 0 Å². The Kier molecular flexibility index (Phi) is 4.46. The van der Waals surface area contributed by atoms with Gasteiger partial charge in [0.15, 0.2) is 0 Å². The van der Waals surface area contributed by atoms with E-state index < -0.39 is 0 Å². The fourth-order valence-electron chi connectivity index (χ4n) is 3.13. The molecular weight excluding hydrogens is 304 g/mol. The van der Waals surface area contributed by atoms with E-state index in [9.17, 15) is 9.59 Å². The number of urea groups is 1. The molecule has 0 spiro atoms. The predicted octanol–water partition coefficient (Wildman–Crippen LogP) is 2.05. The minimum atomic E-state index is -0.0535. The van der Waals surface area contributed by atoms with Crippen molar-refractivity contribution in [2.45, 2.75) is 19.9 Å². The van der Waals surface area contributed by atoms with E-state index in [0.29, 0.717) is 26.2 Å². The Morgan fingerprint density at radius 2 is 1.67 bits per heavy atom. The van der Waals surface area contributed by atoms with Crippen LogP contribution in [0.5, 0.6) is 0 Å². The average Bonchev–Trinajstić information content (AvgIpc) is 2.91. The molecule has 2 aromatic rings. The standard InChI is InChI=1S/C18H24N4O2/c1-13(2)19-18(24)22-10-8-21(9-11-22)17(23)15-12-20(3)16-7-5-4-6-14(15)16/h4-7,12-13H,8-11H2,1-3H3,(H,19,24). The summed E-state index contributed by atoms with van der Waals surface area (Å²) in [6.07, 6.45) is 1.89. The van der Waals surface area contributed by atoms with E-state index >= 15 is 0 Å². The molecule has 0 radical (unpaired) electrons. The van der Waals surface area contributed by atoms with Gasteiger partial charge in [0.1, 0.15) is 0 Å². The van der Waals surface area contributed by atoms with Gasteiger partial charge in [0.25, 0.3) is 5.91 Å². The first-order valence-electron chi connectivity index (χ1n) is 8.36. The zero-order valence-corrected chi connectivity index (χ0v) is 14.5. The van der Waals surface area contributed by atoms with E-state index in [1.165, 1.54) is 0 Å². The van der Waals surface area contributed by atoms with Gasteiger partial charge in [-0.25, -0.2) is 4.79 Å². The van der Waals surface area contributed by atoms with Gasteiger partial charge >= 0.3 is 6.03 Å². The lowest BCUT2D eigenvalue weighted by molar-refractivity contribution is 0.0665. The first-order valence-corrected chi connectivity index (χ1v) is 8.36. The van der Waals surface area contributed by atoms with Gasteiger partial charge in [0.05, 0.1) is 5.56 Å². The van der Waals surface area contributed by atoms with Gasteiger partial charge in [-0.05, 0) is 19.9 Å². The molecule has 1 aromatic carbocycles. The molecule has 3 amide bonds. The van der Waals surface area contributed by atoms with Crippen LogP contribution in [0.2, 0.25) is 0 Å². The molecule has 6 nitrogen and oxygen atoms in total. The summed E-state index contributed by atoms with van der Waals surface area (Å²) in [5.74, 6) is 0.0377. The van der Waals surface area contributed by atoms with Gasteiger partial charge in [0.2, 0.25) is 0 Å². The number of aryl methyl sites for hydroxylation is 1. The van der Waals surface area contributed by atoms with Crippen LogP contribution in [-0.4, -0.2) is 58.5 Å². The number of piperazine rings is 1. The molecule has 1 aromatic heterocycles. The van der Waals surface area contributed by atoms with Crippen LogP contribution in [-0.2, 0) is 7.05 Å². The normalized spacial score (nSPS) is 15.2. The van der Waals surface area contributed by atoms with Crippen molar-refractivity contribution in [1.29, 1.82) is 0 Å². The third-order valence-electron chi connectivity index (χ3n) is 4.39. The van der Waals surface area contributed by atoms with Crippen molar-refractivity contribution in [3.05, 3.63) is 36.0 Å². The average molecular weight is 328 g/mol. The van der Waals surface area contributed by atoms with E-state index in [1.54, 1.807) is 4.90 Å². The van der Waals surface area contributed by atoms with Crippen LogP contribution >= 0.6 is 0 Å². The van der Waals surface area contributed by atoms with E-state index in [1.807, 2.05) is 60.8 Å². The largest absolute Gasteiger partial charge is 0.350 e.